The number of likely N-dealkylation sites (tertiary alicyclic amines) is 1. The molecule has 1 N–H and O–H groups in total. The lowest BCUT2D eigenvalue weighted by molar-refractivity contribution is -0.148. The maximum atomic E-state index is 12.3. The van der Waals surface area contributed by atoms with Gasteiger partial charge in [0.25, 0.3) is 0 Å². The number of aryl methyl sites for hydroxylation is 1. The fourth-order valence-electron chi connectivity index (χ4n) is 3.08. The van der Waals surface area contributed by atoms with E-state index >= 15 is 0 Å². The number of hydrogen-bond acceptors (Lipinski definition) is 3. The van der Waals surface area contributed by atoms with Gasteiger partial charge in [0.05, 0.1) is 5.52 Å². The Hall–Kier alpha value is -2.43. The number of carboxylic acid groups (broad SMARTS) is 1. The Balaban J connectivity index is 1.71. The largest absolute Gasteiger partial charge is 0.480 e. The Kier molecular flexibility index (Phi) is 4.04. The number of aliphatic carboxylic acids is 1. The maximum absolute atomic E-state index is 12.3. The molecule has 1 aliphatic rings. The van der Waals surface area contributed by atoms with Gasteiger partial charge in [0.1, 0.15) is 6.04 Å². The highest BCUT2D eigenvalue weighted by molar-refractivity contribution is 5.86. The summed E-state index contributed by atoms with van der Waals surface area (Å²) in [4.78, 5) is 29.3. The molecule has 0 radical (unpaired) electrons. The van der Waals surface area contributed by atoms with Gasteiger partial charge in [-0.25, -0.2) is 4.79 Å². The molecule has 22 heavy (non-hydrogen) atoms. The summed E-state index contributed by atoms with van der Waals surface area (Å²) in [6.45, 7) is 0.549. The average molecular weight is 298 g/mol. The van der Waals surface area contributed by atoms with Crippen LogP contribution in [0.1, 0.15) is 24.8 Å². The Morgan fingerprint density at radius 3 is 2.91 bits per heavy atom. The molecule has 0 bridgehead atoms. The van der Waals surface area contributed by atoms with Gasteiger partial charge in [-0.05, 0) is 37.0 Å². The van der Waals surface area contributed by atoms with Gasteiger partial charge in [-0.1, -0.05) is 18.2 Å². The van der Waals surface area contributed by atoms with Crippen LogP contribution in [-0.2, 0) is 16.0 Å². The standard InChI is InChI=1S/C17H18N2O3/c20-16(19-11-3-6-15(19)17(21)22)8-7-12-9-10-18-14-5-2-1-4-13(12)14/h1-2,4-5,9-10,15H,3,6-8,11H2,(H,21,22)/t15-/m1/s1. The summed E-state index contributed by atoms with van der Waals surface area (Å²) in [6, 6.07) is 9.11. The molecule has 1 fully saturated rings. The number of para-hydroxylation sites is 1. The molecule has 1 amide bonds. The number of pyridine rings is 1. The molecule has 1 aromatic heterocycles. The van der Waals surface area contributed by atoms with Crippen LogP contribution in [0.25, 0.3) is 10.9 Å². The fourth-order valence-corrected chi connectivity index (χ4v) is 3.08. The highest BCUT2D eigenvalue weighted by atomic mass is 16.4. The summed E-state index contributed by atoms with van der Waals surface area (Å²) in [5.41, 5.74) is 1.99. The summed E-state index contributed by atoms with van der Waals surface area (Å²) in [5.74, 6) is -0.981. The number of hydrogen-bond donors (Lipinski definition) is 1. The summed E-state index contributed by atoms with van der Waals surface area (Å²) >= 11 is 0. The Morgan fingerprint density at radius 2 is 2.09 bits per heavy atom. The van der Waals surface area contributed by atoms with Crippen molar-refractivity contribution in [3.8, 4) is 0 Å². The third kappa shape index (κ3) is 2.79. The average Bonchev–Trinajstić information content (AvgIpc) is 3.02. The number of carbonyl (C=O) groups is 2. The van der Waals surface area contributed by atoms with Crippen LogP contribution in [0.5, 0.6) is 0 Å². The lowest BCUT2D eigenvalue weighted by atomic mass is 10.0. The molecule has 1 aliphatic heterocycles. The number of nitrogens with zero attached hydrogens (tertiary/aromatic N) is 2. The number of fused-ring (bicyclic) bond motifs is 1. The molecule has 1 aromatic carbocycles. The van der Waals surface area contributed by atoms with E-state index in [1.807, 2.05) is 30.3 Å². The zero-order chi connectivity index (χ0) is 15.5. The van der Waals surface area contributed by atoms with Crippen molar-refractivity contribution in [2.45, 2.75) is 31.7 Å². The number of aromatic nitrogens is 1. The van der Waals surface area contributed by atoms with Crippen molar-refractivity contribution in [1.29, 1.82) is 0 Å². The Labute approximate surface area is 128 Å². The monoisotopic (exact) mass is 298 g/mol. The van der Waals surface area contributed by atoms with Gasteiger partial charge in [-0.15, -0.1) is 0 Å². The Bertz CT molecular complexity index is 709. The second-order valence-electron chi connectivity index (χ2n) is 5.57. The molecule has 0 unspecified atom stereocenters. The smallest absolute Gasteiger partial charge is 0.326 e. The summed E-state index contributed by atoms with van der Waals surface area (Å²) in [7, 11) is 0. The van der Waals surface area contributed by atoms with Crippen molar-refractivity contribution < 1.29 is 14.7 Å². The van der Waals surface area contributed by atoms with E-state index in [2.05, 4.69) is 4.98 Å². The van der Waals surface area contributed by atoms with Crippen molar-refractivity contribution in [2.75, 3.05) is 6.54 Å². The first-order valence-electron chi connectivity index (χ1n) is 7.52. The third-order valence-corrected chi connectivity index (χ3v) is 4.21. The quantitative estimate of drug-likeness (QED) is 0.939. The topological polar surface area (TPSA) is 70.5 Å². The molecule has 114 valence electrons. The number of carbonyl (C=O) groups excluding carboxylic acids is 1. The van der Waals surface area contributed by atoms with Crippen molar-refractivity contribution in [2.24, 2.45) is 0 Å². The lowest BCUT2D eigenvalue weighted by Crippen LogP contribution is -2.40. The third-order valence-electron chi connectivity index (χ3n) is 4.21. The van der Waals surface area contributed by atoms with Gasteiger partial charge in [0.15, 0.2) is 0 Å². The van der Waals surface area contributed by atoms with Gasteiger partial charge >= 0.3 is 5.97 Å². The van der Waals surface area contributed by atoms with Crippen LogP contribution in [-0.4, -0.2) is 39.5 Å². The zero-order valence-corrected chi connectivity index (χ0v) is 12.2. The first-order chi connectivity index (χ1) is 10.7. The molecule has 1 atom stereocenters. The first kappa shape index (κ1) is 14.5. The highest BCUT2D eigenvalue weighted by Crippen LogP contribution is 2.21. The SMILES string of the molecule is O=C(O)[C@H]1CCCN1C(=O)CCc1ccnc2ccccc12. The van der Waals surface area contributed by atoms with E-state index < -0.39 is 12.0 Å². The predicted molar refractivity (Wildman–Crippen MR) is 82.4 cm³/mol. The van der Waals surface area contributed by atoms with Crippen LogP contribution in [0, 0.1) is 0 Å². The van der Waals surface area contributed by atoms with Crippen LogP contribution in [0.4, 0.5) is 0 Å². The summed E-state index contributed by atoms with van der Waals surface area (Å²) in [6.07, 6.45) is 4.00. The molecular formula is C17H18N2O3. The van der Waals surface area contributed by atoms with Crippen LogP contribution in [0.15, 0.2) is 36.5 Å². The van der Waals surface area contributed by atoms with Crippen LogP contribution < -0.4 is 0 Å². The molecule has 2 aromatic rings. The Morgan fingerprint density at radius 1 is 1.27 bits per heavy atom. The maximum Gasteiger partial charge on any atom is 0.326 e. The molecule has 5 nitrogen and oxygen atoms in total. The van der Waals surface area contributed by atoms with Gasteiger partial charge in [0.2, 0.25) is 5.91 Å². The van der Waals surface area contributed by atoms with E-state index in [0.717, 1.165) is 22.9 Å². The number of carboxylic acids is 1. The van der Waals surface area contributed by atoms with Gasteiger partial charge < -0.3 is 10.0 Å². The van der Waals surface area contributed by atoms with Crippen LogP contribution >= 0.6 is 0 Å². The summed E-state index contributed by atoms with van der Waals surface area (Å²) < 4.78 is 0. The van der Waals surface area contributed by atoms with E-state index in [9.17, 15) is 9.59 Å². The molecular weight excluding hydrogens is 280 g/mol. The first-order valence-corrected chi connectivity index (χ1v) is 7.52. The zero-order valence-electron chi connectivity index (χ0n) is 12.2. The summed E-state index contributed by atoms with van der Waals surface area (Å²) in [5, 5.41) is 10.2. The van der Waals surface area contributed by atoms with Crippen LogP contribution in [0.2, 0.25) is 0 Å². The van der Waals surface area contributed by atoms with Crippen molar-refractivity contribution >= 4 is 22.8 Å². The van der Waals surface area contributed by atoms with E-state index in [4.69, 9.17) is 5.11 Å². The molecule has 0 saturated carbocycles. The molecule has 5 heteroatoms. The van der Waals surface area contributed by atoms with E-state index in [1.54, 1.807) is 6.20 Å². The molecule has 0 aliphatic carbocycles. The van der Waals surface area contributed by atoms with E-state index in [0.29, 0.717) is 25.8 Å². The molecule has 1 saturated heterocycles. The van der Waals surface area contributed by atoms with Gasteiger partial charge in [-0.3, -0.25) is 9.78 Å². The van der Waals surface area contributed by atoms with Crippen molar-refractivity contribution in [3.63, 3.8) is 0 Å². The van der Waals surface area contributed by atoms with Gasteiger partial charge in [-0.2, -0.15) is 0 Å². The number of rotatable bonds is 4. The molecule has 0 spiro atoms. The van der Waals surface area contributed by atoms with Crippen molar-refractivity contribution in [3.05, 3.63) is 42.1 Å². The minimum absolute atomic E-state index is 0.0780. The second kappa shape index (κ2) is 6.13. The minimum atomic E-state index is -0.903. The van der Waals surface area contributed by atoms with Crippen molar-refractivity contribution in [1.82, 2.24) is 9.88 Å². The minimum Gasteiger partial charge on any atom is -0.480 e. The second-order valence-corrected chi connectivity index (χ2v) is 5.57. The van der Waals surface area contributed by atoms with E-state index in [1.165, 1.54) is 4.90 Å². The predicted octanol–water partition coefficient (Wildman–Crippen LogP) is 2.24. The molecule has 3 rings (SSSR count). The van der Waals surface area contributed by atoms with Gasteiger partial charge in [0, 0.05) is 24.5 Å². The lowest BCUT2D eigenvalue weighted by Gasteiger charge is -2.21. The number of amides is 1. The fraction of sp³-hybridized carbons (Fsp3) is 0.353. The number of benzene rings is 1. The molecule has 2 heterocycles. The van der Waals surface area contributed by atoms with E-state index in [-0.39, 0.29) is 5.91 Å². The normalized spacial score (nSPS) is 17.8. The van der Waals surface area contributed by atoms with Crippen LogP contribution in [0.3, 0.4) is 0 Å². The highest BCUT2D eigenvalue weighted by Gasteiger charge is 2.33.